The number of carbonyl (C=O) groups is 2. The van der Waals surface area contributed by atoms with Gasteiger partial charge in [-0.1, -0.05) is 45.0 Å². The molecule has 0 radical (unpaired) electrons. The molecule has 1 aliphatic rings. The number of carbonyl (C=O) groups excluding carboxylic acids is 2. The minimum atomic E-state index is -0.389. The van der Waals surface area contributed by atoms with E-state index in [-0.39, 0.29) is 34.8 Å². The number of hydrogen-bond donors (Lipinski definition) is 1. The number of halogens is 1. The van der Waals surface area contributed by atoms with Crippen LogP contribution in [0.25, 0.3) is 5.57 Å². The Morgan fingerprint density at radius 2 is 1.59 bits per heavy atom. The fourth-order valence-electron chi connectivity index (χ4n) is 3.08. The molecular weight excluding hydrogens is 343 g/mol. The molecule has 1 heterocycles. The first-order valence-electron chi connectivity index (χ1n) is 9.13. The highest BCUT2D eigenvalue weighted by Crippen LogP contribution is 2.31. The fourth-order valence-corrected chi connectivity index (χ4v) is 3.08. The first-order valence-corrected chi connectivity index (χ1v) is 9.13. The maximum atomic E-state index is 13.3. The average Bonchev–Trinajstić information content (AvgIpc) is 2.87. The van der Waals surface area contributed by atoms with Gasteiger partial charge in [0.25, 0.3) is 11.8 Å². The van der Waals surface area contributed by atoms with Crippen molar-refractivity contribution in [1.29, 1.82) is 0 Å². The number of benzene rings is 2. The monoisotopic (exact) mass is 366 g/mol. The lowest BCUT2D eigenvalue weighted by atomic mass is 10.0. The Kier molecular flexibility index (Phi) is 5.40. The molecule has 0 saturated carbocycles. The van der Waals surface area contributed by atoms with E-state index in [4.69, 9.17) is 0 Å². The number of anilines is 1. The van der Waals surface area contributed by atoms with E-state index in [1.54, 1.807) is 0 Å². The molecule has 0 spiro atoms. The molecule has 1 N–H and O–H groups in total. The standard InChI is InChI=1S/C22H23FN2O2/c1-4-15-5-11-18(12-6-15)24-20-19(16-7-9-17(23)10-8-16)21(26)25(22(20)27)13-14(2)3/h5-12,14,24H,4,13H2,1-3H3. The van der Waals surface area contributed by atoms with Crippen molar-refractivity contribution >= 4 is 23.1 Å². The molecule has 1 aliphatic heterocycles. The van der Waals surface area contributed by atoms with Gasteiger partial charge in [0.1, 0.15) is 11.5 Å². The number of nitrogens with zero attached hydrogens (tertiary/aromatic N) is 1. The van der Waals surface area contributed by atoms with Crippen molar-refractivity contribution in [3.05, 3.63) is 71.2 Å². The van der Waals surface area contributed by atoms with Gasteiger partial charge in [0.15, 0.2) is 0 Å². The van der Waals surface area contributed by atoms with Crippen LogP contribution in [0.4, 0.5) is 10.1 Å². The molecule has 0 unspecified atom stereocenters. The summed E-state index contributed by atoms with van der Waals surface area (Å²) in [6.45, 7) is 6.31. The van der Waals surface area contributed by atoms with Gasteiger partial charge in [0.05, 0.1) is 5.57 Å². The van der Waals surface area contributed by atoms with Crippen LogP contribution in [0.15, 0.2) is 54.2 Å². The summed E-state index contributed by atoms with van der Waals surface area (Å²) in [5.74, 6) is -0.948. The molecule has 2 aromatic rings. The van der Waals surface area contributed by atoms with Crippen molar-refractivity contribution in [1.82, 2.24) is 4.90 Å². The molecule has 4 nitrogen and oxygen atoms in total. The van der Waals surface area contributed by atoms with Gasteiger partial charge in [-0.05, 0) is 47.7 Å². The lowest BCUT2D eigenvalue weighted by Crippen LogP contribution is -2.35. The second-order valence-electron chi connectivity index (χ2n) is 7.05. The Balaban J connectivity index is 2.02. The van der Waals surface area contributed by atoms with E-state index >= 15 is 0 Å². The summed E-state index contributed by atoms with van der Waals surface area (Å²) >= 11 is 0. The van der Waals surface area contributed by atoms with E-state index in [1.807, 2.05) is 38.1 Å². The van der Waals surface area contributed by atoms with Crippen molar-refractivity contribution in [3.8, 4) is 0 Å². The predicted octanol–water partition coefficient (Wildman–Crippen LogP) is 4.24. The predicted molar refractivity (Wildman–Crippen MR) is 104 cm³/mol. The number of imide groups is 1. The molecule has 27 heavy (non-hydrogen) atoms. The lowest BCUT2D eigenvalue weighted by molar-refractivity contribution is -0.137. The van der Waals surface area contributed by atoms with E-state index in [9.17, 15) is 14.0 Å². The van der Waals surface area contributed by atoms with Crippen molar-refractivity contribution in [2.75, 3.05) is 11.9 Å². The molecule has 0 saturated heterocycles. The van der Waals surface area contributed by atoms with Crippen LogP contribution in [0, 0.1) is 11.7 Å². The third-order valence-corrected chi connectivity index (χ3v) is 4.48. The zero-order valence-electron chi connectivity index (χ0n) is 15.8. The zero-order valence-corrected chi connectivity index (χ0v) is 15.8. The Labute approximate surface area is 158 Å². The van der Waals surface area contributed by atoms with Crippen molar-refractivity contribution < 1.29 is 14.0 Å². The average molecular weight is 366 g/mol. The Hall–Kier alpha value is -2.95. The highest BCUT2D eigenvalue weighted by Gasteiger charge is 2.39. The molecule has 2 amide bonds. The topological polar surface area (TPSA) is 49.4 Å². The van der Waals surface area contributed by atoms with Crippen LogP contribution >= 0.6 is 0 Å². The Bertz CT molecular complexity index is 884. The molecule has 5 heteroatoms. The minimum absolute atomic E-state index is 0.149. The Morgan fingerprint density at radius 3 is 2.15 bits per heavy atom. The van der Waals surface area contributed by atoms with Gasteiger partial charge in [-0.2, -0.15) is 0 Å². The maximum Gasteiger partial charge on any atom is 0.278 e. The summed E-state index contributed by atoms with van der Waals surface area (Å²) in [4.78, 5) is 27.1. The largest absolute Gasteiger partial charge is 0.350 e. The summed E-state index contributed by atoms with van der Waals surface area (Å²) in [5, 5.41) is 3.11. The lowest BCUT2D eigenvalue weighted by Gasteiger charge is -2.17. The summed E-state index contributed by atoms with van der Waals surface area (Å²) in [6.07, 6.45) is 0.920. The molecule has 0 atom stereocenters. The summed E-state index contributed by atoms with van der Waals surface area (Å²) in [7, 11) is 0. The first kappa shape index (κ1) is 18.8. The quantitative estimate of drug-likeness (QED) is 0.778. The van der Waals surface area contributed by atoms with Crippen LogP contribution in [-0.4, -0.2) is 23.3 Å². The van der Waals surface area contributed by atoms with Crippen LogP contribution in [0.5, 0.6) is 0 Å². The normalized spacial score (nSPS) is 14.5. The molecule has 0 aromatic heterocycles. The second-order valence-corrected chi connectivity index (χ2v) is 7.05. The molecule has 2 aromatic carbocycles. The third kappa shape index (κ3) is 3.92. The number of hydrogen-bond acceptors (Lipinski definition) is 3. The summed E-state index contributed by atoms with van der Waals surface area (Å²) in [6, 6.07) is 13.4. The van der Waals surface area contributed by atoms with Crippen molar-refractivity contribution in [2.45, 2.75) is 27.2 Å². The van der Waals surface area contributed by atoms with E-state index in [2.05, 4.69) is 12.2 Å². The van der Waals surface area contributed by atoms with E-state index in [1.165, 1.54) is 34.7 Å². The Morgan fingerprint density at radius 1 is 0.963 bits per heavy atom. The third-order valence-electron chi connectivity index (χ3n) is 4.48. The van der Waals surface area contributed by atoms with E-state index in [0.717, 1.165) is 12.1 Å². The number of nitrogens with one attached hydrogen (secondary N) is 1. The van der Waals surface area contributed by atoms with E-state index in [0.29, 0.717) is 12.1 Å². The minimum Gasteiger partial charge on any atom is -0.350 e. The fraction of sp³-hybridized carbons (Fsp3) is 0.273. The second kappa shape index (κ2) is 7.74. The van der Waals surface area contributed by atoms with Gasteiger partial charge in [-0.15, -0.1) is 0 Å². The van der Waals surface area contributed by atoms with Crippen molar-refractivity contribution in [2.24, 2.45) is 5.92 Å². The highest BCUT2D eigenvalue weighted by atomic mass is 19.1. The van der Waals surface area contributed by atoms with Crippen molar-refractivity contribution in [3.63, 3.8) is 0 Å². The molecular formula is C22H23FN2O2. The summed E-state index contributed by atoms with van der Waals surface area (Å²) < 4.78 is 13.3. The van der Waals surface area contributed by atoms with Gasteiger partial charge in [-0.3, -0.25) is 14.5 Å². The smallest absolute Gasteiger partial charge is 0.278 e. The summed E-state index contributed by atoms with van der Waals surface area (Å²) in [5.41, 5.74) is 2.95. The highest BCUT2D eigenvalue weighted by molar-refractivity contribution is 6.36. The van der Waals surface area contributed by atoms with Crippen LogP contribution in [0.1, 0.15) is 31.9 Å². The number of aryl methyl sites for hydroxylation is 1. The van der Waals surface area contributed by atoms with Gasteiger partial charge >= 0.3 is 0 Å². The molecule has 140 valence electrons. The van der Waals surface area contributed by atoms with Crippen LogP contribution in [-0.2, 0) is 16.0 Å². The number of amides is 2. The van der Waals surface area contributed by atoms with Crippen LogP contribution in [0.3, 0.4) is 0 Å². The molecule has 0 aliphatic carbocycles. The number of rotatable bonds is 6. The molecule has 0 bridgehead atoms. The van der Waals surface area contributed by atoms with E-state index < -0.39 is 0 Å². The van der Waals surface area contributed by atoms with Crippen LogP contribution < -0.4 is 5.32 Å². The molecule has 3 rings (SSSR count). The zero-order chi connectivity index (χ0) is 19.6. The molecule has 0 fully saturated rings. The maximum absolute atomic E-state index is 13.3. The first-order chi connectivity index (χ1) is 12.9. The van der Waals surface area contributed by atoms with Gasteiger partial charge in [0, 0.05) is 12.2 Å². The van der Waals surface area contributed by atoms with Crippen LogP contribution in [0.2, 0.25) is 0 Å². The van der Waals surface area contributed by atoms with Gasteiger partial charge in [-0.25, -0.2) is 4.39 Å². The SMILES string of the molecule is CCc1ccc(NC2=C(c3ccc(F)cc3)C(=O)N(CC(C)C)C2=O)cc1. The van der Waals surface area contributed by atoms with Gasteiger partial charge in [0.2, 0.25) is 0 Å². The van der Waals surface area contributed by atoms with Gasteiger partial charge < -0.3 is 5.32 Å².